The van der Waals surface area contributed by atoms with E-state index in [0.717, 1.165) is 18.5 Å². The standard InChI is InChI=1S/C12H17BrF2N2O2S/c1-2-5-16-7-9-3-4-10(13)11(6-9)20(18,19)17-8-12(14)15/h3-4,6,12,16-17H,2,5,7-8H2,1H3. The summed E-state index contributed by atoms with van der Waals surface area (Å²) < 4.78 is 50.4. The molecular weight excluding hydrogens is 354 g/mol. The van der Waals surface area contributed by atoms with E-state index in [1.165, 1.54) is 6.07 Å². The third-order valence-corrected chi connectivity index (χ3v) is 4.89. The van der Waals surface area contributed by atoms with Crippen LogP contribution in [-0.2, 0) is 16.6 Å². The molecule has 0 aromatic heterocycles. The Morgan fingerprint density at radius 2 is 2.05 bits per heavy atom. The van der Waals surface area contributed by atoms with Gasteiger partial charge in [-0.15, -0.1) is 0 Å². The molecule has 0 bridgehead atoms. The smallest absolute Gasteiger partial charge is 0.251 e. The highest BCUT2D eigenvalue weighted by molar-refractivity contribution is 9.10. The quantitative estimate of drug-likeness (QED) is 0.691. The van der Waals surface area contributed by atoms with Crippen molar-refractivity contribution in [1.82, 2.24) is 10.0 Å². The van der Waals surface area contributed by atoms with Crippen LogP contribution < -0.4 is 10.0 Å². The highest BCUT2D eigenvalue weighted by Crippen LogP contribution is 2.23. The van der Waals surface area contributed by atoms with E-state index in [1.54, 1.807) is 12.1 Å². The first-order valence-electron chi connectivity index (χ1n) is 6.13. The Morgan fingerprint density at radius 1 is 1.35 bits per heavy atom. The van der Waals surface area contributed by atoms with Crippen LogP contribution in [0.1, 0.15) is 18.9 Å². The van der Waals surface area contributed by atoms with Crippen molar-refractivity contribution in [2.75, 3.05) is 13.1 Å². The summed E-state index contributed by atoms with van der Waals surface area (Å²) >= 11 is 3.13. The van der Waals surface area contributed by atoms with Gasteiger partial charge in [0.05, 0.1) is 11.4 Å². The number of alkyl halides is 2. The zero-order valence-corrected chi connectivity index (χ0v) is 13.4. The molecule has 114 valence electrons. The third-order valence-electron chi connectivity index (χ3n) is 2.47. The van der Waals surface area contributed by atoms with Crippen LogP contribution in [0.3, 0.4) is 0 Å². The van der Waals surface area contributed by atoms with Crippen LogP contribution in [0.4, 0.5) is 8.78 Å². The van der Waals surface area contributed by atoms with E-state index in [0.29, 0.717) is 11.0 Å². The number of hydrogen-bond donors (Lipinski definition) is 2. The summed E-state index contributed by atoms with van der Waals surface area (Å²) in [6, 6.07) is 4.85. The van der Waals surface area contributed by atoms with Crippen LogP contribution >= 0.6 is 15.9 Å². The Bertz CT molecular complexity index is 538. The van der Waals surface area contributed by atoms with E-state index in [9.17, 15) is 17.2 Å². The predicted octanol–water partition coefficient (Wildman–Crippen LogP) is 2.49. The van der Waals surface area contributed by atoms with Gasteiger partial charge in [0.1, 0.15) is 0 Å². The first-order valence-corrected chi connectivity index (χ1v) is 8.41. The molecule has 0 atom stereocenters. The minimum atomic E-state index is -3.94. The molecule has 0 saturated heterocycles. The average molecular weight is 371 g/mol. The minimum absolute atomic E-state index is 0.0334. The fraction of sp³-hybridized carbons (Fsp3) is 0.500. The van der Waals surface area contributed by atoms with E-state index >= 15 is 0 Å². The Kier molecular flexibility index (Phi) is 7.01. The van der Waals surface area contributed by atoms with Gasteiger partial charge in [0, 0.05) is 11.0 Å². The minimum Gasteiger partial charge on any atom is -0.313 e. The molecule has 1 aromatic rings. The SMILES string of the molecule is CCCNCc1ccc(Br)c(S(=O)(=O)NCC(F)F)c1. The molecule has 0 aliphatic heterocycles. The second kappa shape index (κ2) is 8.02. The molecule has 0 aliphatic rings. The summed E-state index contributed by atoms with van der Waals surface area (Å²) in [6.07, 6.45) is -1.75. The fourth-order valence-corrected chi connectivity index (χ4v) is 3.54. The molecule has 0 fully saturated rings. The molecule has 0 spiro atoms. The molecule has 0 amide bonds. The van der Waals surface area contributed by atoms with Crippen molar-refractivity contribution in [3.63, 3.8) is 0 Å². The molecule has 0 aliphatic carbocycles. The first-order chi connectivity index (χ1) is 9.36. The largest absolute Gasteiger partial charge is 0.313 e. The van der Waals surface area contributed by atoms with Crippen molar-refractivity contribution in [2.45, 2.75) is 31.2 Å². The summed E-state index contributed by atoms with van der Waals surface area (Å²) in [7, 11) is -3.94. The van der Waals surface area contributed by atoms with Crippen molar-refractivity contribution >= 4 is 26.0 Å². The topological polar surface area (TPSA) is 58.2 Å². The van der Waals surface area contributed by atoms with Crippen molar-refractivity contribution in [2.24, 2.45) is 0 Å². The Morgan fingerprint density at radius 3 is 2.65 bits per heavy atom. The van der Waals surface area contributed by atoms with Crippen molar-refractivity contribution in [3.8, 4) is 0 Å². The van der Waals surface area contributed by atoms with E-state index in [2.05, 4.69) is 21.2 Å². The van der Waals surface area contributed by atoms with E-state index < -0.39 is 23.0 Å². The molecule has 1 rings (SSSR count). The summed E-state index contributed by atoms with van der Waals surface area (Å²) in [5.74, 6) is 0. The van der Waals surface area contributed by atoms with Crippen LogP contribution in [0.15, 0.2) is 27.6 Å². The number of rotatable bonds is 8. The van der Waals surface area contributed by atoms with Crippen LogP contribution in [0.5, 0.6) is 0 Å². The maximum absolute atomic E-state index is 12.1. The molecule has 4 nitrogen and oxygen atoms in total. The fourth-order valence-electron chi connectivity index (χ4n) is 1.52. The van der Waals surface area contributed by atoms with Gasteiger partial charge >= 0.3 is 0 Å². The maximum atomic E-state index is 12.1. The van der Waals surface area contributed by atoms with Gasteiger partial charge in [0.25, 0.3) is 6.43 Å². The van der Waals surface area contributed by atoms with Gasteiger partial charge < -0.3 is 5.32 Å². The van der Waals surface area contributed by atoms with Gasteiger partial charge in [-0.3, -0.25) is 0 Å². The molecule has 0 unspecified atom stereocenters. The Hall–Kier alpha value is -0.570. The summed E-state index contributed by atoms with van der Waals surface area (Å²) in [6.45, 7) is 2.48. The van der Waals surface area contributed by atoms with E-state index in [4.69, 9.17) is 0 Å². The lowest BCUT2D eigenvalue weighted by Crippen LogP contribution is -2.29. The third kappa shape index (κ3) is 5.43. The number of benzene rings is 1. The Balaban J connectivity index is 2.89. The lowest BCUT2D eigenvalue weighted by molar-refractivity contribution is 0.153. The second-order valence-corrected chi connectivity index (χ2v) is 6.77. The lowest BCUT2D eigenvalue weighted by atomic mass is 10.2. The summed E-state index contributed by atoms with van der Waals surface area (Å²) in [5.41, 5.74) is 0.777. The molecule has 20 heavy (non-hydrogen) atoms. The zero-order chi connectivity index (χ0) is 15.2. The van der Waals surface area contributed by atoms with Crippen LogP contribution in [-0.4, -0.2) is 27.9 Å². The molecule has 8 heteroatoms. The highest BCUT2D eigenvalue weighted by Gasteiger charge is 2.19. The monoisotopic (exact) mass is 370 g/mol. The number of halogens is 3. The van der Waals surface area contributed by atoms with Gasteiger partial charge in [-0.1, -0.05) is 13.0 Å². The van der Waals surface area contributed by atoms with Crippen LogP contribution in [0.2, 0.25) is 0 Å². The van der Waals surface area contributed by atoms with E-state index in [1.807, 2.05) is 11.6 Å². The molecule has 1 aromatic carbocycles. The zero-order valence-electron chi connectivity index (χ0n) is 11.0. The summed E-state index contributed by atoms with van der Waals surface area (Å²) in [4.78, 5) is -0.0334. The van der Waals surface area contributed by atoms with Gasteiger partial charge in [-0.05, 0) is 46.6 Å². The van der Waals surface area contributed by atoms with Crippen LogP contribution in [0.25, 0.3) is 0 Å². The molecule has 0 saturated carbocycles. The molecule has 2 N–H and O–H groups in total. The van der Waals surface area contributed by atoms with Crippen molar-refractivity contribution in [1.29, 1.82) is 0 Å². The molecule has 0 radical (unpaired) electrons. The molecule has 0 heterocycles. The average Bonchev–Trinajstić information content (AvgIpc) is 2.38. The van der Waals surface area contributed by atoms with Crippen LogP contribution in [0, 0.1) is 0 Å². The van der Waals surface area contributed by atoms with Crippen molar-refractivity contribution < 1.29 is 17.2 Å². The lowest BCUT2D eigenvalue weighted by Gasteiger charge is -2.10. The van der Waals surface area contributed by atoms with Gasteiger partial charge in [-0.25, -0.2) is 21.9 Å². The Labute approximate surface area is 126 Å². The van der Waals surface area contributed by atoms with Gasteiger partial charge in [0.2, 0.25) is 10.0 Å². The number of nitrogens with one attached hydrogen (secondary N) is 2. The first kappa shape index (κ1) is 17.5. The van der Waals surface area contributed by atoms with Crippen molar-refractivity contribution in [3.05, 3.63) is 28.2 Å². The molecular formula is C12H17BrF2N2O2S. The highest BCUT2D eigenvalue weighted by atomic mass is 79.9. The van der Waals surface area contributed by atoms with E-state index in [-0.39, 0.29) is 4.90 Å². The predicted molar refractivity (Wildman–Crippen MR) is 77.3 cm³/mol. The van der Waals surface area contributed by atoms with Gasteiger partial charge in [-0.2, -0.15) is 0 Å². The summed E-state index contributed by atoms with van der Waals surface area (Å²) in [5, 5.41) is 3.15. The number of sulfonamides is 1. The maximum Gasteiger partial charge on any atom is 0.251 e. The normalized spacial score (nSPS) is 12.1. The number of hydrogen-bond acceptors (Lipinski definition) is 3. The van der Waals surface area contributed by atoms with Gasteiger partial charge in [0.15, 0.2) is 0 Å². The second-order valence-electron chi connectivity index (χ2n) is 4.18.